The van der Waals surface area contributed by atoms with Gasteiger partial charge >= 0.3 is 5.97 Å². The Morgan fingerprint density at radius 1 is 1.55 bits per heavy atom. The topological polar surface area (TPSA) is 66.8 Å². The minimum absolute atomic E-state index is 0.0931. The molecule has 0 aliphatic carbocycles. The molecule has 5 nitrogen and oxygen atoms in total. The lowest BCUT2D eigenvalue weighted by Crippen LogP contribution is -2.49. The number of carboxylic acids is 1. The number of aliphatic carboxylic acids is 1. The Kier molecular flexibility index (Phi) is 5.33. The van der Waals surface area contributed by atoms with Crippen LogP contribution in [0.5, 0.6) is 0 Å². The number of carboxylic acid groups (broad SMARTS) is 1. The molecule has 0 radical (unpaired) electrons. The van der Waals surface area contributed by atoms with E-state index in [4.69, 9.17) is 9.84 Å². The third-order valence-corrected chi connectivity index (χ3v) is 4.49. The number of morpholine rings is 1. The van der Waals surface area contributed by atoms with Gasteiger partial charge in [0.05, 0.1) is 29.5 Å². The molecule has 1 unspecified atom stereocenters. The van der Waals surface area contributed by atoms with Crippen LogP contribution < -0.4 is 0 Å². The third-order valence-electron chi connectivity index (χ3n) is 2.91. The second-order valence-corrected chi connectivity index (χ2v) is 6.83. The summed E-state index contributed by atoms with van der Waals surface area (Å²) in [5, 5.41) is 8.86. The van der Waals surface area contributed by atoms with Crippen LogP contribution in [0, 0.1) is 0 Å². The first-order chi connectivity index (χ1) is 9.56. The number of halogens is 1. The Bertz CT molecular complexity index is 528. The van der Waals surface area contributed by atoms with Crippen molar-refractivity contribution in [3.05, 3.63) is 26.9 Å². The SMILES string of the molecule is O=C(O)CC1COCCN1C(=O)/C=C/c1ccc(Br)s1. The number of thiophene rings is 1. The van der Waals surface area contributed by atoms with Crippen molar-refractivity contribution in [3.8, 4) is 0 Å². The number of hydrogen-bond acceptors (Lipinski definition) is 4. The Morgan fingerprint density at radius 3 is 3.00 bits per heavy atom. The van der Waals surface area contributed by atoms with Crippen molar-refractivity contribution in [2.24, 2.45) is 0 Å². The van der Waals surface area contributed by atoms with Crippen LogP contribution in [0.25, 0.3) is 6.08 Å². The van der Waals surface area contributed by atoms with Crippen LogP contribution in [0.2, 0.25) is 0 Å². The van der Waals surface area contributed by atoms with Gasteiger partial charge in [0, 0.05) is 17.5 Å². The third kappa shape index (κ3) is 4.16. The Balaban J connectivity index is 2.02. The molecule has 1 aromatic rings. The van der Waals surface area contributed by atoms with Crippen LogP contribution in [0.4, 0.5) is 0 Å². The lowest BCUT2D eigenvalue weighted by Gasteiger charge is -2.34. The van der Waals surface area contributed by atoms with Gasteiger partial charge in [-0.1, -0.05) is 0 Å². The molecule has 1 aliphatic rings. The lowest BCUT2D eigenvalue weighted by molar-refractivity contribution is -0.143. The molecular weight excluding hydrogens is 346 g/mol. The molecule has 7 heteroatoms. The van der Waals surface area contributed by atoms with E-state index in [1.165, 1.54) is 17.4 Å². The number of nitrogens with zero attached hydrogens (tertiary/aromatic N) is 1. The summed E-state index contributed by atoms with van der Waals surface area (Å²) in [4.78, 5) is 25.5. The van der Waals surface area contributed by atoms with Gasteiger partial charge in [-0.3, -0.25) is 9.59 Å². The summed E-state index contributed by atoms with van der Waals surface area (Å²) in [7, 11) is 0. The van der Waals surface area contributed by atoms with E-state index >= 15 is 0 Å². The van der Waals surface area contributed by atoms with Crippen molar-refractivity contribution in [3.63, 3.8) is 0 Å². The molecule has 1 aliphatic heterocycles. The number of carbonyl (C=O) groups excluding carboxylic acids is 1. The maximum atomic E-state index is 12.2. The lowest BCUT2D eigenvalue weighted by atomic mass is 10.1. The molecule has 1 atom stereocenters. The van der Waals surface area contributed by atoms with Crippen molar-refractivity contribution >= 4 is 45.2 Å². The predicted molar refractivity (Wildman–Crippen MR) is 79.6 cm³/mol. The highest BCUT2D eigenvalue weighted by Crippen LogP contribution is 2.23. The molecule has 1 fully saturated rings. The van der Waals surface area contributed by atoms with Crippen LogP contribution in [-0.4, -0.2) is 47.7 Å². The van der Waals surface area contributed by atoms with Crippen molar-refractivity contribution in [1.29, 1.82) is 0 Å². The van der Waals surface area contributed by atoms with Crippen LogP contribution in [0.1, 0.15) is 11.3 Å². The van der Waals surface area contributed by atoms with E-state index in [0.717, 1.165) is 8.66 Å². The zero-order valence-electron chi connectivity index (χ0n) is 10.6. The molecular formula is C13H14BrNO4S. The smallest absolute Gasteiger partial charge is 0.305 e. The Morgan fingerprint density at radius 2 is 2.35 bits per heavy atom. The first-order valence-electron chi connectivity index (χ1n) is 6.10. The number of amides is 1. The van der Waals surface area contributed by atoms with Crippen LogP contribution in [0.3, 0.4) is 0 Å². The highest BCUT2D eigenvalue weighted by molar-refractivity contribution is 9.11. The van der Waals surface area contributed by atoms with E-state index in [-0.39, 0.29) is 18.9 Å². The number of rotatable bonds is 4. The summed E-state index contributed by atoms with van der Waals surface area (Å²) < 4.78 is 6.24. The van der Waals surface area contributed by atoms with Crippen LogP contribution >= 0.6 is 27.3 Å². The van der Waals surface area contributed by atoms with Gasteiger partial charge in [0.2, 0.25) is 5.91 Å². The maximum Gasteiger partial charge on any atom is 0.305 e. The molecule has 1 amide bonds. The Labute approximate surface area is 129 Å². The fourth-order valence-corrected chi connectivity index (χ4v) is 3.31. The van der Waals surface area contributed by atoms with E-state index in [9.17, 15) is 9.59 Å². The molecule has 2 heterocycles. The van der Waals surface area contributed by atoms with Crippen LogP contribution in [0.15, 0.2) is 22.0 Å². The zero-order chi connectivity index (χ0) is 14.5. The van der Waals surface area contributed by atoms with E-state index < -0.39 is 12.0 Å². The molecule has 1 saturated heterocycles. The Hall–Kier alpha value is -1.18. The quantitative estimate of drug-likeness (QED) is 0.837. The van der Waals surface area contributed by atoms with Gasteiger partial charge < -0.3 is 14.7 Å². The van der Waals surface area contributed by atoms with E-state index in [2.05, 4.69) is 15.9 Å². The van der Waals surface area contributed by atoms with E-state index in [1.807, 2.05) is 12.1 Å². The number of carbonyl (C=O) groups is 2. The average Bonchev–Trinajstić information content (AvgIpc) is 2.82. The van der Waals surface area contributed by atoms with Gasteiger partial charge in [-0.15, -0.1) is 11.3 Å². The molecule has 0 saturated carbocycles. The van der Waals surface area contributed by atoms with E-state index in [1.54, 1.807) is 11.0 Å². The first-order valence-corrected chi connectivity index (χ1v) is 7.71. The molecule has 108 valence electrons. The standard InChI is InChI=1S/C13H14BrNO4S/c14-11-3-1-10(20-11)2-4-12(16)15-5-6-19-8-9(15)7-13(17)18/h1-4,9H,5-8H2,(H,17,18)/b4-2+. The van der Waals surface area contributed by atoms with Gasteiger partial charge in [-0.25, -0.2) is 0 Å². The highest BCUT2D eigenvalue weighted by Gasteiger charge is 2.27. The monoisotopic (exact) mass is 359 g/mol. The van der Waals surface area contributed by atoms with Gasteiger partial charge in [-0.2, -0.15) is 0 Å². The maximum absolute atomic E-state index is 12.2. The second-order valence-electron chi connectivity index (χ2n) is 4.33. The summed E-state index contributed by atoms with van der Waals surface area (Å²) in [5.74, 6) is -1.10. The van der Waals surface area contributed by atoms with Crippen LogP contribution in [-0.2, 0) is 14.3 Å². The summed E-state index contributed by atoms with van der Waals surface area (Å²) in [6, 6.07) is 3.43. The second kappa shape index (κ2) is 7.01. The molecule has 0 bridgehead atoms. The summed E-state index contributed by atoms with van der Waals surface area (Å²) >= 11 is 4.89. The number of ether oxygens (including phenoxy) is 1. The molecule has 1 N–H and O–H groups in total. The molecule has 1 aromatic heterocycles. The van der Waals surface area contributed by atoms with Gasteiger partial charge in [0.25, 0.3) is 0 Å². The first kappa shape index (κ1) is 15.2. The molecule has 0 spiro atoms. The van der Waals surface area contributed by atoms with Crippen molar-refractivity contribution < 1.29 is 19.4 Å². The summed E-state index contributed by atoms with van der Waals surface area (Å²) in [6.07, 6.45) is 3.13. The zero-order valence-corrected chi connectivity index (χ0v) is 13.0. The minimum atomic E-state index is -0.926. The fraction of sp³-hybridized carbons (Fsp3) is 0.385. The molecule has 2 rings (SSSR count). The van der Waals surface area contributed by atoms with Gasteiger partial charge in [0.15, 0.2) is 0 Å². The normalized spacial score (nSPS) is 19.4. The molecule has 20 heavy (non-hydrogen) atoms. The minimum Gasteiger partial charge on any atom is -0.481 e. The van der Waals surface area contributed by atoms with Gasteiger partial charge in [0.1, 0.15) is 0 Å². The van der Waals surface area contributed by atoms with Crippen molar-refractivity contribution in [2.75, 3.05) is 19.8 Å². The average molecular weight is 360 g/mol. The van der Waals surface area contributed by atoms with Crippen molar-refractivity contribution in [1.82, 2.24) is 4.90 Å². The predicted octanol–water partition coefficient (Wildman–Crippen LogP) is 2.23. The summed E-state index contributed by atoms with van der Waals surface area (Å²) in [6.45, 7) is 1.14. The molecule has 0 aromatic carbocycles. The summed E-state index contributed by atoms with van der Waals surface area (Å²) in [5.41, 5.74) is 0. The number of hydrogen-bond donors (Lipinski definition) is 1. The van der Waals surface area contributed by atoms with E-state index in [0.29, 0.717) is 13.2 Å². The highest BCUT2D eigenvalue weighted by atomic mass is 79.9. The largest absolute Gasteiger partial charge is 0.481 e. The van der Waals surface area contributed by atoms with Gasteiger partial charge in [-0.05, 0) is 34.1 Å². The van der Waals surface area contributed by atoms with Crippen molar-refractivity contribution in [2.45, 2.75) is 12.5 Å². The fourth-order valence-electron chi connectivity index (χ4n) is 1.98.